The first kappa shape index (κ1) is 13.6. The van der Waals surface area contributed by atoms with E-state index in [-0.39, 0.29) is 0 Å². The highest BCUT2D eigenvalue weighted by Crippen LogP contribution is 2.34. The number of hydrogen-bond donors (Lipinski definition) is 1. The van der Waals surface area contributed by atoms with Gasteiger partial charge in [-0.15, -0.1) is 11.8 Å². The molecule has 1 saturated carbocycles. The lowest BCUT2D eigenvalue weighted by molar-refractivity contribution is 0.813. The maximum Gasteiger partial charge on any atom is 0.127 e. The van der Waals surface area contributed by atoms with Crippen LogP contribution in [0, 0.1) is 0 Å². The molecular weight excluding hydrogens is 266 g/mol. The molecule has 1 N–H and O–H groups in total. The van der Waals surface area contributed by atoms with Crippen molar-refractivity contribution < 1.29 is 0 Å². The fraction of sp³-hybridized carbons (Fsp3) is 0.438. The number of aryl methyl sites for hydroxylation is 1. The number of thioether (sulfide) groups is 1. The molecule has 0 aliphatic heterocycles. The smallest absolute Gasteiger partial charge is 0.127 e. The standard InChI is InChI=1S/C16H21N3S/c1-19-11-10-17-16(19)12-18-13-6-8-15(9-7-13)20-14-4-2-3-5-14/h6-11,14,18H,2-5,12H2,1H3. The van der Waals surface area contributed by atoms with Gasteiger partial charge in [0.15, 0.2) is 0 Å². The summed E-state index contributed by atoms with van der Waals surface area (Å²) < 4.78 is 2.04. The Morgan fingerprint density at radius 2 is 2.00 bits per heavy atom. The van der Waals surface area contributed by atoms with Crippen LogP contribution in [0.1, 0.15) is 31.5 Å². The molecule has 0 bridgehead atoms. The second-order valence-electron chi connectivity index (χ2n) is 5.36. The van der Waals surface area contributed by atoms with Gasteiger partial charge in [-0.3, -0.25) is 0 Å². The summed E-state index contributed by atoms with van der Waals surface area (Å²) >= 11 is 2.03. The molecule has 0 amide bonds. The minimum Gasteiger partial charge on any atom is -0.378 e. The average molecular weight is 287 g/mol. The van der Waals surface area contributed by atoms with Crippen LogP contribution in [0.5, 0.6) is 0 Å². The molecule has 4 heteroatoms. The first-order chi connectivity index (χ1) is 9.81. The van der Waals surface area contributed by atoms with Gasteiger partial charge >= 0.3 is 0 Å². The summed E-state index contributed by atoms with van der Waals surface area (Å²) in [5, 5.41) is 4.25. The number of benzene rings is 1. The molecule has 1 heterocycles. The van der Waals surface area contributed by atoms with Crippen LogP contribution in [0.4, 0.5) is 5.69 Å². The predicted octanol–water partition coefficient (Wildman–Crippen LogP) is 4.07. The number of nitrogens with zero attached hydrogens (tertiary/aromatic N) is 2. The van der Waals surface area contributed by atoms with Gasteiger partial charge in [0.2, 0.25) is 0 Å². The Morgan fingerprint density at radius 3 is 2.65 bits per heavy atom. The van der Waals surface area contributed by atoms with Crippen LogP contribution in [0.15, 0.2) is 41.6 Å². The lowest BCUT2D eigenvalue weighted by Gasteiger charge is -2.10. The molecular formula is C16H21N3S. The van der Waals surface area contributed by atoms with Crippen LogP contribution >= 0.6 is 11.8 Å². The third-order valence-electron chi connectivity index (χ3n) is 3.83. The summed E-state index contributed by atoms with van der Waals surface area (Å²) in [4.78, 5) is 5.70. The Hall–Kier alpha value is -1.42. The van der Waals surface area contributed by atoms with Gasteiger partial charge in [0.1, 0.15) is 5.82 Å². The van der Waals surface area contributed by atoms with Crippen LogP contribution in [-0.2, 0) is 13.6 Å². The van der Waals surface area contributed by atoms with Crippen LogP contribution in [0.3, 0.4) is 0 Å². The van der Waals surface area contributed by atoms with E-state index in [9.17, 15) is 0 Å². The van der Waals surface area contributed by atoms with E-state index < -0.39 is 0 Å². The van der Waals surface area contributed by atoms with E-state index in [1.54, 1.807) is 0 Å². The molecule has 3 rings (SSSR count). The molecule has 1 aliphatic rings. The number of rotatable bonds is 5. The predicted molar refractivity (Wildman–Crippen MR) is 85.1 cm³/mol. The van der Waals surface area contributed by atoms with Crippen molar-refractivity contribution in [1.29, 1.82) is 0 Å². The quantitative estimate of drug-likeness (QED) is 0.899. The van der Waals surface area contributed by atoms with Crippen molar-refractivity contribution in [2.45, 2.75) is 42.4 Å². The Morgan fingerprint density at radius 1 is 1.25 bits per heavy atom. The zero-order valence-corrected chi connectivity index (χ0v) is 12.7. The number of nitrogens with one attached hydrogen (secondary N) is 1. The summed E-state index contributed by atoms with van der Waals surface area (Å²) in [5.74, 6) is 1.05. The molecule has 3 nitrogen and oxygen atoms in total. The van der Waals surface area contributed by atoms with Crippen molar-refractivity contribution >= 4 is 17.4 Å². The molecule has 0 unspecified atom stereocenters. The van der Waals surface area contributed by atoms with Crippen molar-refractivity contribution in [3.63, 3.8) is 0 Å². The van der Waals surface area contributed by atoms with E-state index in [1.165, 1.54) is 30.6 Å². The number of aromatic nitrogens is 2. The van der Waals surface area contributed by atoms with Crippen molar-refractivity contribution in [2.24, 2.45) is 7.05 Å². The van der Waals surface area contributed by atoms with Crippen molar-refractivity contribution in [2.75, 3.05) is 5.32 Å². The summed E-state index contributed by atoms with van der Waals surface area (Å²) in [6.07, 6.45) is 9.37. The van der Waals surface area contributed by atoms with Crippen LogP contribution in [-0.4, -0.2) is 14.8 Å². The molecule has 0 atom stereocenters. The van der Waals surface area contributed by atoms with E-state index in [0.29, 0.717) is 0 Å². The van der Waals surface area contributed by atoms with Gasteiger partial charge in [0, 0.05) is 35.3 Å². The minimum absolute atomic E-state index is 0.763. The van der Waals surface area contributed by atoms with E-state index in [1.807, 2.05) is 35.8 Å². The molecule has 0 spiro atoms. The Bertz CT molecular complexity index is 541. The second kappa shape index (κ2) is 6.35. The van der Waals surface area contributed by atoms with E-state index in [4.69, 9.17) is 0 Å². The van der Waals surface area contributed by atoms with E-state index >= 15 is 0 Å². The highest BCUT2D eigenvalue weighted by Gasteiger charge is 2.15. The van der Waals surface area contributed by atoms with Crippen LogP contribution < -0.4 is 5.32 Å². The zero-order chi connectivity index (χ0) is 13.8. The van der Waals surface area contributed by atoms with Crippen LogP contribution in [0.25, 0.3) is 0 Å². The molecule has 1 aliphatic carbocycles. The van der Waals surface area contributed by atoms with E-state index in [0.717, 1.165) is 23.3 Å². The second-order valence-corrected chi connectivity index (χ2v) is 6.73. The SMILES string of the molecule is Cn1ccnc1CNc1ccc(SC2CCCC2)cc1. The summed E-state index contributed by atoms with van der Waals surface area (Å²) in [6.45, 7) is 0.763. The molecule has 106 valence electrons. The molecule has 1 aromatic carbocycles. The summed E-state index contributed by atoms with van der Waals surface area (Å²) in [5.41, 5.74) is 1.16. The van der Waals surface area contributed by atoms with Crippen LogP contribution in [0.2, 0.25) is 0 Å². The van der Waals surface area contributed by atoms with Gasteiger partial charge in [0.05, 0.1) is 6.54 Å². The van der Waals surface area contributed by atoms with E-state index in [2.05, 4.69) is 34.6 Å². The van der Waals surface area contributed by atoms with Gasteiger partial charge in [-0.2, -0.15) is 0 Å². The third-order valence-corrected chi connectivity index (χ3v) is 5.18. The van der Waals surface area contributed by atoms with Gasteiger partial charge in [0.25, 0.3) is 0 Å². The number of anilines is 1. The highest BCUT2D eigenvalue weighted by atomic mass is 32.2. The molecule has 0 radical (unpaired) electrons. The topological polar surface area (TPSA) is 29.9 Å². The number of imidazole rings is 1. The number of hydrogen-bond acceptors (Lipinski definition) is 3. The summed E-state index contributed by atoms with van der Waals surface area (Å²) in [7, 11) is 2.02. The maximum atomic E-state index is 4.31. The highest BCUT2D eigenvalue weighted by molar-refractivity contribution is 8.00. The van der Waals surface area contributed by atoms with Crippen molar-refractivity contribution in [1.82, 2.24) is 9.55 Å². The fourth-order valence-electron chi connectivity index (χ4n) is 2.60. The Balaban J connectivity index is 1.54. The summed E-state index contributed by atoms with van der Waals surface area (Å²) in [6, 6.07) is 8.79. The molecule has 2 aromatic rings. The molecule has 1 aromatic heterocycles. The monoisotopic (exact) mass is 287 g/mol. The Kier molecular flexibility index (Phi) is 4.31. The third kappa shape index (κ3) is 3.37. The lowest BCUT2D eigenvalue weighted by atomic mass is 10.3. The Labute approximate surface area is 124 Å². The molecule has 20 heavy (non-hydrogen) atoms. The zero-order valence-electron chi connectivity index (χ0n) is 11.9. The van der Waals surface area contributed by atoms with Gasteiger partial charge in [-0.05, 0) is 37.1 Å². The van der Waals surface area contributed by atoms with Gasteiger partial charge < -0.3 is 9.88 Å². The minimum atomic E-state index is 0.763. The molecule has 0 saturated heterocycles. The van der Waals surface area contributed by atoms with Crippen molar-refractivity contribution in [3.8, 4) is 0 Å². The van der Waals surface area contributed by atoms with Crippen molar-refractivity contribution in [3.05, 3.63) is 42.5 Å². The normalized spacial score (nSPS) is 15.7. The average Bonchev–Trinajstić information content (AvgIpc) is 3.10. The van der Waals surface area contributed by atoms with Gasteiger partial charge in [-0.1, -0.05) is 12.8 Å². The molecule has 1 fully saturated rings. The largest absolute Gasteiger partial charge is 0.378 e. The first-order valence-electron chi connectivity index (χ1n) is 7.28. The lowest BCUT2D eigenvalue weighted by Crippen LogP contribution is -2.05. The maximum absolute atomic E-state index is 4.31. The van der Waals surface area contributed by atoms with Gasteiger partial charge in [-0.25, -0.2) is 4.98 Å². The fourth-order valence-corrected chi connectivity index (χ4v) is 3.85. The first-order valence-corrected chi connectivity index (χ1v) is 8.16.